The number of benzene rings is 1. The van der Waals surface area contributed by atoms with E-state index in [2.05, 4.69) is 18.2 Å². The van der Waals surface area contributed by atoms with E-state index in [0.29, 0.717) is 13.2 Å². The number of aryl methyl sites for hydroxylation is 2. The molecule has 1 atom stereocenters. The van der Waals surface area contributed by atoms with E-state index in [1.54, 1.807) is 11.3 Å². The topological polar surface area (TPSA) is 29.5 Å². The predicted octanol–water partition coefficient (Wildman–Crippen LogP) is 4.13. The van der Waals surface area contributed by atoms with Gasteiger partial charge in [-0.1, -0.05) is 24.6 Å². The summed E-state index contributed by atoms with van der Waals surface area (Å²) in [6.45, 7) is 1.38. The summed E-state index contributed by atoms with van der Waals surface area (Å²) < 4.78 is 5.46. The van der Waals surface area contributed by atoms with E-state index in [-0.39, 0.29) is 0 Å². The third-order valence-corrected chi connectivity index (χ3v) is 5.89. The Labute approximate surface area is 129 Å². The highest BCUT2D eigenvalue weighted by molar-refractivity contribution is 7.12. The first-order chi connectivity index (χ1) is 10.3. The normalized spacial score (nSPS) is 18.9. The molecule has 110 valence electrons. The van der Waals surface area contributed by atoms with Gasteiger partial charge in [0.2, 0.25) is 0 Å². The van der Waals surface area contributed by atoms with Crippen LogP contribution in [0.3, 0.4) is 0 Å². The van der Waals surface area contributed by atoms with Gasteiger partial charge in [-0.25, -0.2) is 0 Å². The lowest BCUT2D eigenvalue weighted by Gasteiger charge is -2.10. The van der Waals surface area contributed by atoms with E-state index < -0.39 is 6.10 Å². The molecule has 2 heterocycles. The Morgan fingerprint density at radius 3 is 2.76 bits per heavy atom. The largest absolute Gasteiger partial charge is 0.383 e. The van der Waals surface area contributed by atoms with Crippen LogP contribution in [0.1, 0.15) is 57.4 Å². The monoisotopic (exact) mass is 300 g/mol. The Morgan fingerprint density at radius 1 is 0.952 bits per heavy atom. The van der Waals surface area contributed by atoms with Crippen molar-refractivity contribution in [1.29, 1.82) is 0 Å². The molecule has 0 amide bonds. The summed E-state index contributed by atoms with van der Waals surface area (Å²) in [6.07, 6.45) is 5.79. The summed E-state index contributed by atoms with van der Waals surface area (Å²) >= 11 is 1.80. The van der Waals surface area contributed by atoms with Crippen LogP contribution in [0.25, 0.3) is 0 Å². The molecule has 1 aliphatic heterocycles. The van der Waals surface area contributed by atoms with Gasteiger partial charge in [0, 0.05) is 9.75 Å². The first-order valence-electron chi connectivity index (χ1n) is 7.80. The summed E-state index contributed by atoms with van der Waals surface area (Å²) in [5, 5.41) is 10.7. The molecule has 2 aliphatic rings. The quantitative estimate of drug-likeness (QED) is 0.845. The fraction of sp³-hybridized carbons (Fsp3) is 0.444. The molecule has 1 aromatic carbocycles. The van der Waals surface area contributed by atoms with Gasteiger partial charge in [-0.15, -0.1) is 11.3 Å². The molecule has 0 saturated heterocycles. The van der Waals surface area contributed by atoms with Gasteiger partial charge in [0.05, 0.1) is 13.2 Å². The molecule has 0 bridgehead atoms. The minimum absolute atomic E-state index is 0.493. The van der Waals surface area contributed by atoms with Crippen molar-refractivity contribution in [3.05, 3.63) is 56.3 Å². The summed E-state index contributed by atoms with van der Waals surface area (Å²) in [5.41, 5.74) is 4.95. The molecule has 1 unspecified atom stereocenters. The molecule has 2 nitrogen and oxygen atoms in total. The van der Waals surface area contributed by atoms with Crippen molar-refractivity contribution in [3.63, 3.8) is 0 Å². The molecule has 4 rings (SSSR count). The Hall–Kier alpha value is -1.16. The first kappa shape index (κ1) is 13.5. The maximum absolute atomic E-state index is 10.7. The highest BCUT2D eigenvalue weighted by atomic mass is 32.1. The number of hydrogen-bond acceptors (Lipinski definition) is 3. The average molecular weight is 300 g/mol. The zero-order valence-corrected chi connectivity index (χ0v) is 12.9. The molecule has 21 heavy (non-hydrogen) atoms. The van der Waals surface area contributed by atoms with E-state index in [0.717, 1.165) is 10.4 Å². The van der Waals surface area contributed by atoms with E-state index in [4.69, 9.17) is 4.74 Å². The molecule has 0 radical (unpaired) electrons. The number of aliphatic hydroxyl groups excluding tert-OH is 1. The van der Waals surface area contributed by atoms with Gasteiger partial charge in [-0.05, 0) is 54.0 Å². The third-order valence-electron chi connectivity index (χ3n) is 4.60. The maximum Gasteiger partial charge on any atom is 0.113 e. The van der Waals surface area contributed by atoms with Crippen LogP contribution in [0.2, 0.25) is 0 Å². The molecule has 1 aliphatic carbocycles. The zero-order valence-electron chi connectivity index (χ0n) is 12.1. The van der Waals surface area contributed by atoms with Gasteiger partial charge in [0.25, 0.3) is 0 Å². The van der Waals surface area contributed by atoms with Gasteiger partial charge < -0.3 is 9.84 Å². The molecular formula is C18H20O2S. The lowest BCUT2D eigenvalue weighted by Crippen LogP contribution is -1.98. The van der Waals surface area contributed by atoms with Gasteiger partial charge in [-0.3, -0.25) is 0 Å². The summed E-state index contributed by atoms with van der Waals surface area (Å²) in [4.78, 5) is 2.59. The van der Waals surface area contributed by atoms with Gasteiger partial charge in [0.15, 0.2) is 0 Å². The van der Waals surface area contributed by atoms with Gasteiger partial charge >= 0.3 is 0 Å². The standard InChI is InChI=1S/C18H20O2S/c19-18(13-6-7-14-10-20-11-15(14)8-13)17-9-12-4-2-1-3-5-16(12)21-17/h6-9,18-19H,1-5,10-11H2. The lowest BCUT2D eigenvalue weighted by molar-refractivity contribution is 0.134. The fourth-order valence-corrected chi connectivity index (χ4v) is 4.62. The van der Waals surface area contributed by atoms with Gasteiger partial charge in [0.1, 0.15) is 6.10 Å². The Kier molecular flexibility index (Phi) is 3.57. The first-order valence-corrected chi connectivity index (χ1v) is 8.62. The Balaban J connectivity index is 1.64. The SMILES string of the molecule is OC(c1ccc2c(c1)COC2)c1cc2c(s1)CCCCC2. The molecule has 0 saturated carbocycles. The molecule has 0 spiro atoms. The Morgan fingerprint density at radius 2 is 1.81 bits per heavy atom. The smallest absolute Gasteiger partial charge is 0.113 e. The van der Waals surface area contributed by atoms with Crippen molar-refractivity contribution >= 4 is 11.3 Å². The summed E-state index contributed by atoms with van der Waals surface area (Å²) in [5.74, 6) is 0. The van der Waals surface area contributed by atoms with E-state index >= 15 is 0 Å². The van der Waals surface area contributed by atoms with Crippen molar-refractivity contribution in [1.82, 2.24) is 0 Å². The highest BCUT2D eigenvalue weighted by Crippen LogP contribution is 2.35. The number of aliphatic hydroxyl groups is 1. The van der Waals surface area contributed by atoms with Crippen LogP contribution >= 0.6 is 11.3 Å². The number of rotatable bonds is 2. The summed E-state index contributed by atoms with van der Waals surface area (Å²) in [6, 6.07) is 8.49. The van der Waals surface area contributed by atoms with Crippen molar-refractivity contribution in [3.8, 4) is 0 Å². The minimum atomic E-state index is -0.493. The van der Waals surface area contributed by atoms with Crippen LogP contribution in [0.5, 0.6) is 0 Å². The second kappa shape index (κ2) is 5.56. The molecule has 1 N–H and O–H groups in total. The minimum Gasteiger partial charge on any atom is -0.383 e. The van der Waals surface area contributed by atoms with Crippen molar-refractivity contribution in [2.75, 3.05) is 0 Å². The van der Waals surface area contributed by atoms with Crippen molar-refractivity contribution in [2.45, 2.75) is 51.4 Å². The summed E-state index contributed by atoms with van der Waals surface area (Å²) in [7, 11) is 0. The van der Waals surface area contributed by atoms with Crippen LogP contribution in [0, 0.1) is 0 Å². The lowest BCUT2D eigenvalue weighted by atomic mass is 10.0. The van der Waals surface area contributed by atoms with Crippen molar-refractivity contribution < 1.29 is 9.84 Å². The zero-order chi connectivity index (χ0) is 14.2. The molecule has 0 fully saturated rings. The maximum atomic E-state index is 10.7. The molecule has 1 aromatic heterocycles. The molecular weight excluding hydrogens is 280 g/mol. The van der Waals surface area contributed by atoms with Crippen LogP contribution in [0.15, 0.2) is 24.3 Å². The van der Waals surface area contributed by atoms with E-state index in [9.17, 15) is 5.11 Å². The number of fused-ring (bicyclic) bond motifs is 2. The number of thiophene rings is 1. The van der Waals surface area contributed by atoms with E-state index in [1.807, 2.05) is 6.07 Å². The predicted molar refractivity (Wildman–Crippen MR) is 84.6 cm³/mol. The van der Waals surface area contributed by atoms with Gasteiger partial charge in [-0.2, -0.15) is 0 Å². The van der Waals surface area contributed by atoms with Crippen LogP contribution in [-0.2, 0) is 30.8 Å². The molecule has 3 heteroatoms. The fourth-order valence-electron chi connectivity index (χ4n) is 3.35. The second-order valence-corrected chi connectivity index (χ2v) is 7.25. The molecule has 2 aromatic rings. The average Bonchev–Trinajstić information content (AvgIpc) is 3.08. The third kappa shape index (κ3) is 2.54. The van der Waals surface area contributed by atoms with Crippen LogP contribution in [-0.4, -0.2) is 5.11 Å². The van der Waals surface area contributed by atoms with Crippen molar-refractivity contribution in [2.24, 2.45) is 0 Å². The Bertz CT molecular complexity index is 636. The van der Waals surface area contributed by atoms with Crippen LogP contribution in [0.4, 0.5) is 0 Å². The highest BCUT2D eigenvalue weighted by Gasteiger charge is 2.20. The van der Waals surface area contributed by atoms with E-state index in [1.165, 1.54) is 53.7 Å². The van der Waals surface area contributed by atoms with Crippen LogP contribution < -0.4 is 0 Å². The second-order valence-electron chi connectivity index (χ2n) is 6.08. The number of hydrogen-bond donors (Lipinski definition) is 1. The number of ether oxygens (including phenoxy) is 1.